The highest BCUT2D eigenvalue weighted by atomic mass is 79.9. The third-order valence-corrected chi connectivity index (χ3v) is 3.61. The highest BCUT2D eigenvalue weighted by Gasteiger charge is 2.23. The molecule has 2 N–H and O–H groups in total. The van der Waals surface area contributed by atoms with Gasteiger partial charge in [-0.05, 0) is 31.7 Å². The molecular weight excluding hydrogens is 394 g/mol. The molecule has 0 radical (unpaired) electrons. The Morgan fingerprint density at radius 2 is 1.88 bits per heavy atom. The fraction of sp³-hybridized carbons (Fsp3) is 0.471. The van der Waals surface area contributed by atoms with E-state index in [4.69, 9.17) is 14.6 Å². The molecule has 0 aliphatic heterocycles. The molecule has 1 aromatic rings. The van der Waals surface area contributed by atoms with E-state index < -0.39 is 29.0 Å². The van der Waals surface area contributed by atoms with Crippen molar-refractivity contribution in [3.63, 3.8) is 0 Å². The quantitative estimate of drug-likeness (QED) is 0.346. The van der Waals surface area contributed by atoms with Gasteiger partial charge in [-0.1, -0.05) is 46.3 Å². The zero-order chi connectivity index (χ0) is 18.7. The van der Waals surface area contributed by atoms with Crippen molar-refractivity contribution in [2.45, 2.75) is 43.7 Å². The first kappa shape index (κ1) is 21.0. The second-order valence-corrected chi connectivity index (χ2v) is 6.74. The molecule has 1 aromatic carbocycles. The number of aliphatic carboxylic acids is 1. The molecule has 25 heavy (non-hydrogen) atoms. The van der Waals surface area contributed by atoms with Gasteiger partial charge in [0.05, 0.1) is 0 Å². The first-order valence-corrected chi connectivity index (χ1v) is 8.83. The van der Waals surface area contributed by atoms with Gasteiger partial charge in [0.25, 0.3) is 0 Å². The van der Waals surface area contributed by atoms with Crippen molar-refractivity contribution in [2.75, 3.05) is 6.54 Å². The number of unbranched alkanes of at least 4 members (excludes halogenated alkanes) is 1. The van der Waals surface area contributed by atoms with Crippen LogP contribution in [0.1, 0.15) is 31.7 Å². The third kappa shape index (κ3) is 9.09. The Kier molecular flexibility index (Phi) is 9.61. The summed E-state index contributed by atoms with van der Waals surface area (Å²) < 4.78 is 9.95. The molecule has 0 fully saturated rings. The Balaban J connectivity index is 2.17. The molecule has 0 heterocycles. The van der Waals surface area contributed by atoms with Crippen molar-refractivity contribution in [1.82, 2.24) is 5.32 Å². The Bertz CT molecular complexity index is 564. The molecule has 8 heteroatoms. The molecule has 0 saturated carbocycles. The van der Waals surface area contributed by atoms with Gasteiger partial charge in [-0.15, -0.1) is 0 Å². The van der Waals surface area contributed by atoms with Crippen LogP contribution >= 0.6 is 15.9 Å². The molecule has 1 rings (SSSR count). The summed E-state index contributed by atoms with van der Waals surface area (Å²) in [5.74, 6) is -1.80. The Labute approximate surface area is 154 Å². The number of ether oxygens (including phenoxy) is 2. The number of rotatable bonds is 10. The second-order valence-electron chi connectivity index (χ2n) is 5.36. The normalized spacial score (nSPS) is 12.7. The summed E-state index contributed by atoms with van der Waals surface area (Å²) in [6.45, 7) is 2.10. The second kappa shape index (κ2) is 11.5. The van der Waals surface area contributed by atoms with Crippen LogP contribution in [0.4, 0.5) is 4.79 Å². The minimum atomic E-state index is -1.18. The Hall–Kier alpha value is -2.09. The van der Waals surface area contributed by atoms with Crippen molar-refractivity contribution in [2.24, 2.45) is 0 Å². The van der Waals surface area contributed by atoms with Crippen molar-refractivity contribution in [3.8, 4) is 0 Å². The molecule has 2 unspecified atom stereocenters. The largest absolute Gasteiger partial charge is 0.479 e. The monoisotopic (exact) mass is 415 g/mol. The summed E-state index contributed by atoms with van der Waals surface area (Å²) >= 11 is 3.03. The highest BCUT2D eigenvalue weighted by Crippen LogP contribution is 2.09. The maximum absolute atomic E-state index is 11.5. The summed E-state index contributed by atoms with van der Waals surface area (Å²) in [6, 6.07) is 9.31. The lowest BCUT2D eigenvalue weighted by Gasteiger charge is -2.14. The van der Waals surface area contributed by atoms with Crippen molar-refractivity contribution >= 4 is 34.0 Å². The van der Waals surface area contributed by atoms with Gasteiger partial charge in [-0.3, -0.25) is 4.79 Å². The van der Waals surface area contributed by atoms with Crippen LogP contribution in [0, 0.1) is 0 Å². The molecule has 0 bridgehead atoms. The number of benzene rings is 1. The lowest BCUT2D eigenvalue weighted by atomic mass is 10.1. The van der Waals surface area contributed by atoms with Crippen LogP contribution in [0.5, 0.6) is 0 Å². The van der Waals surface area contributed by atoms with Crippen LogP contribution in [-0.4, -0.2) is 40.6 Å². The van der Waals surface area contributed by atoms with Gasteiger partial charge >= 0.3 is 18.0 Å². The van der Waals surface area contributed by atoms with Crippen molar-refractivity contribution in [3.05, 3.63) is 35.9 Å². The number of hydrogen-bond donors (Lipinski definition) is 2. The minimum Gasteiger partial charge on any atom is -0.479 e. The smallest absolute Gasteiger partial charge is 0.407 e. The van der Waals surface area contributed by atoms with Crippen LogP contribution in [0.2, 0.25) is 0 Å². The van der Waals surface area contributed by atoms with E-state index in [-0.39, 0.29) is 13.0 Å². The number of carboxylic acids is 1. The molecule has 0 spiro atoms. The molecular formula is C17H22BrNO6. The number of nitrogens with one attached hydrogen (secondary N) is 1. The lowest BCUT2D eigenvalue weighted by molar-refractivity contribution is -0.163. The molecule has 1 amide bonds. The van der Waals surface area contributed by atoms with Crippen LogP contribution in [0.15, 0.2) is 30.3 Å². The Morgan fingerprint density at radius 3 is 2.48 bits per heavy atom. The highest BCUT2D eigenvalue weighted by molar-refractivity contribution is 9.10. The zero-order valence-electron chi connectivity index (χ0n) is 13.9. The molecule has 138 valence electrons. The fourth-order valence-corrected chi connectivity index (χ4v) is 1.99. The van der Waals surface area contributed by atoms with Gasteiger partial charge < -0.3 is 19.9 Å². The average Bonchev–Trinajstić information content (AvgIpc) is 2.59. The van der Waals surface area contributed by atoms with Gasteiger partial charge in [-0.25, -0.2) is 9.59 Å². The van der Waals surface area contributed by atoms with E-state index in [1.165, 1.54) is 0 Å². The number of hydrogen-bond acceptors (Lipinski definition) is 5. The van der Waals surface area contributed by atoms with Gasteiger partial charge in [0.15, 0.2) is 6.10 Å². The Morgan fingerprint density at radius 1 is 1.20 bits per heavy atom. The van der Waals surface area contributed by atoms with Gasteiger partial charge in [-0.2, -0.15) is 0 Å². The van der Waals surface area contributed by atoms with E-state index in [2.05, 4.69) is 21.2 Å². The van der Waals surface area contributed by atoms with E-state index >= 15 is 0 Å². The van der Waals surface area contributed by atoms with Crippen molar-refractivity contribution in [1.29, 1.82) is 0 Å². The maximum Gasteiger partial charge on any atom is 0.407 e. The van der Waals surface area contributed by atoms with E-state index in [1.54, 1.807) is 6.92 Å². The fourth-order valence-electron chi connectivity index (χ4n) is 1.89. The number of carbonyl (C=O) groups is 3. The number of halogens is 1. The molecule has 0 saturated heterocycles. The van der Waals surface area contributed by atoms with E-state index in [1.807, 2.05) is 30.3 Å². The number of carboxylic acid groups (broad SMARTS) is 1. The number of alkyl carbamates (subject to hydrolysis) is 1. The predicted octanol–water partition coefficient (Wildman–Crippen LogP) is 2.86. The minimum absolute atomic E-state index is 0.182. The van der Waals surface area contributed by atoms with Crippen LogP contribution < -0.4 is 5.32 Å². The topological polar surface area (TPSA) is 102 Å². The van der Waals surface area contributed by atoms with Gasteiger partial charge in [0.1, 0.15) is 11.4 Å². The van der Waals surface area contributed by atoms with Crippen LogP contribution in [0.25, 0.3) is 0 Å². The lowest BCUT2D eigenvalue weighted by Crippen LogP contribution is -2.30. The van der Waals surface area contributed by atoms with Gasteiger partial charge in [0.2, 0.25) is 0 Å². The summed E-state index contributed by atoms with van der Waals surface area (Å²) in [7, 11) is 0. The summed E-state index contributed by atoms with van der Waals surface area (Å²) in [5.41, 5.74) is 0.893. The SMILES string of the molecule is CC(Br)C(=O)OC(CCCCNC(=O)OCc1ccccc1)C(=O)O. The number of carbonyl (C=O) groups excluding carboxylic acids is 2. The summed E-state index contributed by atoms with van der Waals surface area (Å²) in [6.07, 6.45) is -0.497. The maximum atomic E-state index is 11.5. The first-order valence-electron chi connectivity index (χ1n) is 7.92. The van der Waals surface area contributed by atoms with Crippen LogP contribution in [0.3, 0.4) is 0 Å². The zero-order valence-corrected chi connectivity index (χ0v) is 15.5. The van der Waals surface area contributed by atoms with E-state index in [0.29, 0.717) is 19.4 Å². The molecule has 2 atom stereocenters. The van der Waals surface area contributed by atoms with E-state index in [0.717, 1.165) is 5.56 Å². The number of alkyl halides is 1. The number of esters is 1. The summed E-state index contributed by atoms with van der Waals surface area (Å²) in [4.78, 5) is 33.5. The van der Waals surface area contributed by atoms with Crippen LogP contribution in [-0.2, 0) is 25.7 Å². The standard InChI is InChI=1S/C17H22BrNO6/c1-12(18)16(22)25-14(15(20)21)9-5-6-10-19-17(23)24-11-13-7-3-2-4-8-13/h2-4,7-8,12,14H,5-6,9-11H2,1H3,(H,19,23)(H,20,21). The number of amides is 1. The molecule has 0 aliphatic carbocycles. The van der Waals surface area contributed by atoms with E-state index in [9.17, 15) is 14.4 Å². The molecule has 0 aliphatic rings. The third-order valence-electron chi connectivity index (χ3n) is 3.23. The average molecular weight is 416 g/mol. The predicted molar refractivity (Wildman–Crippen MR) is 94.4 cm³/mol. The molecule has 0 aromatic heterocycles. The van der Waals surface area contributed by atoms with Gasteiger partial charge in [0, 0.05) is 6.54 Å². The van der Waals surface area contributed by atoms with Crippen molar-refractivity contribution < 1.29 is 29.0 Å². The summed E-state index contributed by atoms with van der Waals surface area (Å²) in [5, 5.41) is 11.6. The first-order chi connectivity index (χ1) is 11.9. The molecule has 7 nitrogen and oxygen atoms in total.